The highest BCUT2D eigenvalue weighted by atomic mass is 32.1. The summed E-state index contributed by atoms with van der Waals surface area (Å²) >= 11 is 3.05. The SMILES string of the molecule is Cc1nc(-c2ccsc2)sc1C(=O)NCC1CCCC1O. The molecule has 0 saturated heterocycles. The minimum absolute atomic E-state index is 0.0782. The normalized spacial score (nSPS) is 21.6. The molecule has 1 aliphatic carbocycles. The molecular weight excluding hydrogens is 304 g/mol. The maximum Gasteiger partial charge on any atom is 0.263 e. The summed E-state index contributed by atoms with van der Waals surface area (Å²) in [4.78, 5) is 17.4. The lowest BCUT2D eigenvalue weighted by atomic mass is 10.1. The summed E-state index contributed by atoms with van der Waals surface area (Å²) in [6.45, 7) is 2.41. The lowest BCUT2D eigenvalue weighted by Crippen LogP contribution is -2.32. The molecule has 0 aliphatic heterocycles. The second kappa shape index (κ2) is 6.25. The first-order valence-corrected chi connectivity index (χ1v) is 8.87. The molecule has 1 amide bonds. The smallest absolute Gasteiger partial charge is 0.263 e. The first kappa shape index (κ1) is 14.7. The summed E-state index contributed by atoms with van der Waals surface area (Å²) < 4.78 is 0. The number of rotatable bonds is 4. The fraction of sp³-hybridized carbons (Fsp3) is 0.467. The summed E-state index contributed by atoms with van der Waals surface area (Å²) in [6.07, 6.45) is 2.61. The predicted molar refractivity (Wildman–Crippen MR) is 85.8 cm³/mol. The largest absolute Gasteiger partial charge is 0.393 e. The second-order valence-electron chi connectivity index (χ2n) is 5.41. The number of amides is 1. The van der Waals surface area contributed by atoms with Crippen molar-refractivity contribution in [3.8, 4) is 10.6 Å². The van der Waals surface area contributed by atoms with Gasteiger partial charge in [-0.3, -0.25) is 4.79 Å². The number of hydrogen-bond donors (Lipinski definition) is 2. The molecule has 21 heavy (non-hydrogen) atoms. The van der Waals surface area contributed by atoms with Gasteiger partial charge in [-0.2, -0.15) is 11.3 Å². The summed E-state index contributed by atoms with van der Waals surface area (Å²) in [5.41, 5.74) is 1.84. The van der Waals surface area contributed by atoms with Crippen molar-refractivity contribution < 1.29 is 9.90 Å². The van der Waals surface area contributed by atoms with Gasteiger partial charge in [0, 0.05) is 23.4 Å². The number of nitrogens with zero attached hydrogens (tertiary/aromatic N) is 1. The lowest BCUT2D eigenvalue weighted by molar-refractivity contribution is 0.0920. The van der Waals surface area contributed by atoms with Crippen molar-refractivity contribution in [2.24, 2.45) is 5.92 Å². The first-order chi connectivity index (χ1) is 10.1. The molecule has 2 unspecified atom stereocenters. The van der Waals surface area contributed by atoms with E-state index in [1.54, 1.807) is 11.3 Å². The topological polar surface area (TPSA) is 62.2 Å². The fourth-order valence-corrected chi connectivity index (χ4v) is 4.37. The van der Waals surface area contributed by atoms with Gasteiger partial charge in [-0.15, -0.1) is 11.3 Å². The third-order valence-corrected chi connectivity index (χ3v) is 5.80. The summed E-state index contributed by atoms with van der Waals surface area (Å²) in [5, 5.41) is 17.7. The Kier molecular flexibility index (Phi) is 4.37. The van der Waals surface area contributed by atoms with E-state index in [0.717, 1.165) is 35.5 Å². The second-order valence-corrected chi connectivity index (χ2v) is 7.19. The molecule has 2 aromatic heterocycles. The standard InChI is InChI=1S/C15H18N2O2S2/c1-9-13(21-15(17-9)11-5-6-20-8-11)14(19)16-7-10-3-2-4-12(10)18/h5-6,8,10,12,18H,2-4,7H2,1H3,(H,16,19). The van der Waals surface area contributed by atoms with Crippen molar-refractivity contribution in [1.29, 1.82) is 0 Å². The number of thiazole rings is 1. The van der Waals surface area contributed by atoms with Gasteiger partial charge >= 0.3 is 0 Å². The van der Waals surface area contributed by atoms with E-state index in [-0.39, 0.29) is 17.9 Å². The van der Waals surface area contributed by atoms with Crippen LogP contribution in [-0.4, -0.2) is 28.6 Å². The monoisotopic (exact) mass is 322 g/mol. The van der Waals surface area contributed by atoms with Crippen LogP contribution in [0.5, 0.6) is 0 Å². The maximum absolute atomic E-state index is 12.3. The van der Waals surface area contributed by atoms with Gasteiger partial charge in [0.15, 0.2) is 0 Å². The van der Waals surface area contributed by atoms with Crippen LogP contribution < -0.4 is 5.32 Å². The minimum atomic E-state index is -0.269. The van der Waals surface area contributed by atoms with E-state index in [9.17, 15) is 9.90 Å². The van der Waals surface area contributed by atoms with Gasteiger partial charge in [0.2, 0.25) is 0 Å². The van der Waals surface area contributed by atoms with E-state index >= 15 is 0 Å². The highest BCUT2D eigenvalue weighted by Crippen LogP contribution is 2.29. The molecule has 3 rings (SSSR count). The first-order valence-electron chi connectivity index (χ1n) is 7.11. The zero-order valence-corrected chi connectivity index (χ0v) is 13.5. The van der Waals surface area contributed by atoms with E-state index in [4.69, 9.17) is 0 Å². The molecule has 2 N–H and O–H groups in total. The number of hydrogen-bond acceptors (Lipinski definition) is 5. The molecule has 1 aliphatic rings. The van der Waals surface area contributed by atoms with E-state index < -0.39 is 0 Å². The van der Waals surface area contributed by atoms with Crippen LogP contribution in [0.4, 0.5) is 0 Å². The third kappa shape index (κ3) is 3.17. The summed E-state index contributed by atoms with van der Waals surface area (Å²) in [6, 6.07) is 2.01. The molecule has 2 aromatic rings. The number of carbonyl (C=O) groups is 1. The Morgan fingerprint density at radius 3 is 3.05 bits per heavy atom. The maximum atomic E-state index is 12.3. The van der Waals surface area contributed by atoms with Crippen LogP contribution in [0.1, 0.15) is 34.6 Å². The number of aromatic nitrogens is 1. The number of carbonyl (C=O) groups excluding carboxylic acids is 1. The van der Waals surface area contributed by atoms with Gasteiger partial charge in [-0.1, -0.05) is 6.42 Å². The molecule has 0 aromatic carbocycles. The van der Waals surface area contributed by atoms with Crippen LogP contribution in [0, 0.1) is 12.8 Å². The average molecular weight is 322 g/mol. The third-order valence-electron chi connectivity index (χ3n) is 3.91. The Morgan fingerprint density at radius 1 is 1.52 bits per heavy atom. The summed E-state index contributed by atoms with van der Waals surface area (Å²) in [7, 11) is 0. The van der Waals surface area contributed by atoms with Crippen LogP contribution >= 0.6 is 22.7 Å². The van der Waals surface area contributed by atoms with Crippen LogP contribution in [0.15, 0.2) is 16.8 Å². The molecule has 0 radical (unpaired) electrons. The molecule has 112 valence electrons. The highest BCUT2D eigenvalue weighted by molar-refractivity contribution is 7.17. The highest BCUT2D eigenvalue weighted by Gasteiger charge is 2.26. The van der Waals surface area contributed by atoms with Crippen LogP contribution in [-0.2, 0) is 0 Å². The zero-order chi connectivity index (χ0) is 14.8. The van der Waals surface area contributed by atoms with Crippen molar-refractivity contribution in [1.82, 2.24) is 10.3 Å². The van der Waals surface area contributed by atoms with Gasteiger partial charge in [0.05, 0.1) is 11.8 Å². The zero-order valence-electron chi connectivity index (χ0n) is 11.8. The van der Waals surface area contributed by atoms with Gasteiger partial charge in [0.1, 0.15) is 9.88 Å². The van der Waals surface area contributed by atoms with Crippen molar-refractivity contribution in [2.45, 2.75) is 32.3 Å². The van der Waals surface area contributed by atoms with Gasteiger partial charge in [0.25, 0.3) is 5.91 Å². The number of aliphatic hydroxyl groups excluding tert-OH is 1. The van der Waals surface area contributed by atoms with E-state index in [1.807, 2.05) is 23.8 Å². The molecule has 6 heteroatoms. The molecule has 4 nitrogen and oxygen atoms in total. The van der Waals surface area contributed by atoms with Crippen molar-refractivity contribution in [3.05, 3.63) is 27.4 Å². The number of nitrogens with one attached hydrogen (secondary N) is 1. The Labute approximate surface area is 131 Å². The van der Waals surface area contributed by atoms with Crippen molar-refractivity contribution in [2.75, 3.05) is 6.54 Å². The van der Waals surface area contributed by atoms with E-state index in [2.05, 4.69) is 10.3 Å². The number of aryl methyl sites for hydroxylation is 1. The Balaban J connectivity index is 1.67. The lowest BCUT2D eigenvalue weighted by Gasteiger charge is -2.14. The quantitative estimate of drug-likeness (QED) is 0.909. The van der Waals surface area contributed by atoms with Crippen LogP contribution in [0.3, 0.4) is 0 Å². The Morgan fingerprint density at radius 2 is 2.38 bits per heavy atom. The Bertz CT molecular complexity index is 622. The molecule has 1 fully saturated rings. The molecular formula is C15H18N2O2S2. The van der Waals surface area contributed by atoms with E-state index in [0.29, 0.717) is 11.4 Å². The fourth-order valence-electron chi connectivity index (χ4n) is 2.68. The van der Waals surface area contributed by atoms with Gasteiger partial charge in [-0.05, 0) is 31.2 Å². The Hall–Kier alpha value is -1.24. The molecule has 2 atom stereocenters. The van der Waals surface area contributed by atoms with Crippen molar-refractivity contribution in [3.63, 3.8) is 0 Å². The van der Waals surface area contributed by atoms with Gasteiger partial charge in [-0.25, -0.2) is 4.98 Å². The van der Waals surface area contributed by atoms with Gasteiger partial charge < -0.3 is 10.4 Å². The number of aliphatic hydroxyl groups is 1. The predicted octanol–water partition coefficient (Wildman–Crippen LogP) is 3.07. The molecule has 0 bridgehead atoms. The summed E-state index contributed by atoms with van der Waals surface area (Å²) in [5.74, 6) is 0.115. The van der Waals surface area contributed by atoms with E-state index in [1.165, 1.54) is 11.3 Å². The van der Waals surface area contributed by atoms with Crippen molar-refractivity contribution >= 4 is 28.6 Å². The minimum Gasteiger partial charge on any atom is -0.393 e. The number of thiophene rings is 1. The molecule has 0 spiro atoms. The van der Waals surface area contributed by atoms with Crippen LogP contribution in [0.2, 0.25) is 0 Å². The van der Waals surface area contributed by atoms with Crippen LogP contribution in [0.25, 0.3) is 10.6 Å². The average Bonchev–Trinajstić information content (AvgIpc) is 3.16. The molecule has 1 saturated carbocycles. The molecule has 2 heterocycles.